The summed E-state index contributed by atoms with van der Waals surface area (Å²) in [6, 6.07) is 9.35. The summed E-state index contributed by atoms with van der Waals surface area (Å²) in [5.41, 5.74) is 9.72. The van der Waals surface area contributed by atoms with Gasteiger partial charge in [-0.2, -0.15) is 0 Å². The Bertz CT molecular complexity index is 730. The summed E-state index contributed by atoms with van der Waals surface area (Å²) in [6.45, 7) is 2.10. The number of nitrogens with one attached hydrogen (secondary N) is 1. The van der Waals surface area contributed by atoms with E-state index in [0.717, 1.165) is 6.54 Å². The molecule has 1 aromatic carbocycles. The van der Waals surface area contributed by atoms with Crippen molar-refractivity contribution < 1.29 is 0 Å². The van der Waals surface area contributed by atoms with E-state index >= 15 is 0 Å². The molecule has 28 heavy (non-hydrogen) atoms. The number of unbranched alkanes of at least 4 members (excludes halogenated alkanes) is 7. The number of rotatable bonds is 12. The van der Waals surface area contributed by atoms with Crippen LogP contribution >= 0.6 is 0 Å². The van der Waals surface area contributed by atoms with Crippen molar-refractivity contribution in [1.29, 1.82) is 0 Å². The minimum absolute atomic E-state index is 0.713. The molecule has 3 N–H and O–H groups in total. The fourth-order valence-electron chi connectivity index (χ4n) is 4.55. The maximum atomic E-state index is 5.54. The predicted molar refractivity (Wildman–Crippen MR) is 123 cm³/mol. The molecule has 3 nitrogen and oxygen atoms in total. The zero-order valence-corrected chi connectivity index (χ0v) is 17.8. The monoisotopic (exact) mass is 381 g/mol. The lowest BCUT2D eigenvalue weighted by molar-refractivity contribution is 0.224. The van der Waals surface area contributed by atoms with Crippen LogP contribution in [-0.4, -0.2) is 36.1 Å². The summed E-state index contributed by atoms with van der Waals surface area (Å²) in [7, 11) is 2.32. The van der Waals surface area contributed by atoms with E-state index in [0.29, 0.717) is 6.04 Å². The molecule has 1 aromatic heterocycles. The van der Waals surface area contributed by atoms with Gasteiger partial charge in [0.2, 0.25) is 0 Å². The number of H-pyrrole nitrogens is 1. The zero-order chi connectivity index (χ0) is 19.6. The SMILES string of the molecule is CN(CCCCCCCCCCN)C1CC=C(c2c[nH]c3ccccc23)CC1. The van der Waals surface area contributed by atoms with Gasteiger partial charge in [-0.05, 0) is 63.9 Å². The second-order valence-electron chi connectivity index (χ2n) is 8.50. The molecule has 154 valence electrons. The number of hydrogen-bond donors (Lipinski definition) is 2. The molecule has 1 atom stereocenters. The lowest BCUT2D eigenvalue weighted by Gasteiger charge is -2.30. The molecule has 2 aromatic rings. The molecule has 0 fully saturated rings. The van der Waals surface area contributed by atoms with Crippen LogP contribution in [0.5, 0.6) is 0 Å². The van der Waals surface area contributed by atoms with Crippen LogP contribution in [0.15, 0.2) is 36.5 Å². The number of para-hydroxylation sites is 1. The van der Waals surface area contributed by atoms with Gasteiger partial charge >= 0.3 is 0 Å². The molecule has 1 heterocycles. The number of nitrogens with zero attached hydrogens (tertiary/aromatic N) is 1. The predicted octanol–water partition coefficient (Wildman–Crippen LogP) is 6.12. The van der Waals surface area contributed by atoms with Gasteiger partial charge in [-0.25, -0.2) is 0 Å². The van der Waals surface area contributed by atoms with Gasteiger partial charge in [0, 0.05) is 28.7 Å². The molecule has 0 spiro atoms. The number of nitrogens with two attached hydrogens (primary N) is 1. The highest BCUT2D eigenvalue weighted by atomic mass is 15.1. The van der Waals surface area contributed by atoms with Crippen molar-refractivity contribution >= 4 is 16.5 Å². The molecule has 0 amide bonds. The van der Waals surface area contributed by atoms with E-state index in [-0.39, 0.29) is 0 Å². The molecule has 1 aliphatic rings. The van der Waals surface area contributed by atoms with Crippen LogP contribution in [0, 0.1) is 0 Å². The van der Waals surface area contributed by atoms with Gasteiger partial charge in [0.15, 0.2) is 0 Å². The van der Waals surface area contributed by atoms with Gasteiger partial charge in [0.05, 0.1) is 0 Å². The highest BCUT2D eigenvalue weighted by Crippen LogP contribution is 2.33. The quantitative estimate of drug-likeness (QED) is 0.435. The Labute approximate surface area is 171 Å². The van der Waals surface area contributed by atoms with Gasteiger partial charge in [0.1, 0.15) is 0 Å². The molecule has 0 aliphatic heterocycles. The normalized spacial score (nSPS) is 17.4. The van der Waals surface area contributed by atoms with Crippen molar-refractivity contribution in [3.05, 3.63) is 42.1 Å². The first-order valence-corrected chi connectivity index (χ1v) is 11.5. The number of aromatic nitrogens is 1. The Kier molecular flexibility index (Phi) is 8.63. The first kappa shape index (κ1) is 21.1. The number of aromatic amines is 1. The Morgan fingerprint density at radius 1 is 1.00 bits per heavy atom. The molecule has 0 bridgehead atoms. The minimum atomic E-state index is 0.713. The van der Waals surface area contributed by atoms with Crippen molar-refractivity contribution in [3.8, 4) is 0 Å². The van der Waals surface area contributed by atoms with Crippen LogP contribution in [0.2, 0.25) is 0 Å². The van der Waals surface area contributed by atoms with E-state index in [1.54, 1.807) is 0 Å². The first-order valence-electron chi connectivity index (χ1n) is 11.5. The van der Waals surface area contributed by atoms with Crippen molar-refractivity contribution in [2.75, 3.05) is 20.1 Å². The summed E-state index contributed by atoms with van der Waals surface area (Å²) in [6.07, 6.45) is 19.1. The molecule has 0 radical (unpaired) electrons. The first-order chi connectivity index (χ1) is 13.8. The molecule has 1 aliphatic carbocycles. The molecule has 3 rings (SSSR count). The largest absolute Gasteiger partial charge is 0.361 e. The van der Waals surface area contributed by atoms with Gasteiger partial charge in [-0.3, -0.25) is 0 Å². The van der Waals surface area contributed by atoms with E-state index in [9.17, 15) is 0 Å². The third-order valence-corrected chi connectivity index (χ3v) is 6.41. The second-order valence-corrected chi connectivity index (χ2v) is 8.50. The molecular formula is C25H39N3. The summed E-state index contributed by atoms with van der Waals surface area (Å²) in [5, 5.41) is 1.36. The Balaban J connectivity index is 1.35. The van der Waals surface area contributed by atoms with Gasteiger partial charge in [-0.1, -0.05) is 62.8 Å². The van der Waals surface area contributed by atoms with Crippen LogP contribution in [0.1, 0.15) is 76.2 Å². The van der Waals surface area contributed by atoms with Crippen molar-refractivity contribution in [2.45, 2.75) is 76.7 Å². The highest BCUT2D eigenvalue weighted by molar-refractivity contribution is 5.92. The van der Waals surface area contributed by atoms with Crippen LogP contribution in [-0.2, 0) is 0 Å². The smallest absolute Gasteiger partial charge is 0.0460 e. The summed E-state index contributed by atoms with van der Waals surface area (Å²) < 4.78 is 0. The molecule has 0 saturated heterocycles. The van der Waals surface area contributed by atoms with E-state index in [1.165, 1.54) is 99.2 Å². The standard InChI is InChI=1S/C25H39N3/c1-28(19-11-7-5-3-2-4-6-10-18-26)22-16-14-21(15-17-22)24-20-27-25-13-9-8-12-23(24)25/h8-9,12-14,20,22,27H,2-7,10-11,15-19,26H2,1H3. The highest BCUT2D eigenvalue weighted by Gasteiger charge is 2.20. The van der Waals surface area contributed by atoms with Gasteiger partial charge < -0.3 is 15.6 Å². The Hall–Kier alpha value is -1.58. The van der Waals surface area contributed by atoms with Crippen molar-refractivity contribution in [1.82, 2.24) is 9.88 Å². The molecule has 3 heteroatoms. The average molecular weight is 382 g/mol. The van der Waals surface area contributed by atoms with E-state index in [2.05, 4.69) is 53.5 Å². The van der Waals surface area contributed by atoms with Crippen LogP contribution in [0.3, 0.4) is 0 Å². The summed E-state index contributed by atoms with van der Waals surface area (Å²) in [4.78, 5) is 6.02. The van der Waals surface area contributed by atoms with E-state index < -0.39 is 0 Å². The fraction of sp³-hybridized carbons (Fsp3) is 0.600. The maximum Gasteiger partial charge on any atom is 0.0460 e. The van der Waals surface area contributed by atoms with E-state index in [1.807, 2.05) is 0 Å². The zero-order valence-electron chi connectivity index (χ0n) is 17.8. The van der Waals surface area contributed by atoms with Crippen LogP contribution < -0.4 is 5.73 Å². The number of hydrogen-bond acceptors (Lipinski definition) is 2. The average Bonchev–Trinajstić information content (AvgIpc) is 3.17. The third kappa shape index (κ3) is 5.96. The minimum Gasteiger partial charge on any atom is -0.361 e. The van der Waals surface area contributed by atoms with E-state index in [4.69, 9.17) is 5.73 Å². The summed E-state index contributed by atoms with van der Waals surface area (Å²) in [5.74, 6) is 0. The topological polar surface area (TPSA) is 45.0 Å². The van der Waals surface area contributed by atoms with Crippen LogP contribution in [0.4, 0.5) is 0 Å². The number of fused-ring (bicyclic) bond motifs is 1. The van der Waals surface area contributed by atoms with Gasteiger partial charge in [-0.15, -0.1) is 0 Å². The lowest BCUT2D eigenvalue weighted by Crippen LogP contribution is -2.33. The molecule has 0 saturated carbocycles. The molecular weight excluding hydrogens is 342 g/mol. The summed E-state index contributed by atoms with van der Waals surface area (Å²) >= 11 is 0. The number of allylic oxidation sites excluding steroid dienone is 1. The Morgan fingerprint density at radius 2 is 1.71 bits per heavy atom. The number of benzene rings is 1. The Morgan fingerprint density at radius 3 is 2.43 bits per heavy atom. The van der Waals surface area contributed by atoms with Gasteiger partial charge in [0.25, 0.3) is 0 Å². The second kappa shape index (κ2) is 11.4. The third-order valence-electron chi connectivity index (χ3n) is 6.41. The lowest BCUT2D eigenvalue weighted by atomic mass is 9.90. The molecule has 1 unspecified atom stereocenters. The van der Waals surface area contributed by atoms with Crippen molar-refractivity contribution in [3.63, 3.8) is 0 Å². The maximum absolute atomic E-state index is 5.54. The van der Waals surface area contributed by atoms with Crippen molar-refractivity contribution in [2.24, 2.45) is 5.73 Å². The van der Waals surface area contributed by atoms with Crippen LogP contribution in [0.25, 0.3) is 16.5 Å². The fourth-order valence-corrected chi connectivity index (χ4v) is 4.55.